The van der Waals surface area contributed by atoms with Gasteiger partial charge in [0.25, 0.3) is 0 Å². The second-order valence-corrected chi connectivity index (χ2v) is 9.51. The van der Waals surface area contributed by atoms with E-state index in [4.69, 9.17) is 9.97 Å². The Labute approximate surface area is 226 Å². The summed E-state index contributed by atoms with van der Waals surface area (Å²) in [5.41, 5.74) is 9.26. The van der Waals surface area contributed by atoms with Crippen LogP contribution >= 0.6 is 0 Å². The quantitative estimate of drug-likeness (QED) is 0.257. The highest BCUT2D eigenvalue weighted by Gasteiger charge is 2.13. The molecule has 184 valence electrons. The smallest absolute Gasteiger partial charge is 0.178 e. The molecule has 7 rings (SSSR count). The van der Waals surface area contributed by atoms with Crippen LogP contribution in [0.15, 0.2) is 140 Å². The average molecular weight is 501 g/mol. The van der Waals surface area contributed by atoms with Gasteiger partial charge >= 0.3 is 0 Å². The lowest BCUT2D eigenvalue weighted by Gasteiger charge is -2.11. The standard InChI is InChI=1S/C35H24N4/c1-2-7-24(8-3-1)26-13-16-27(17-14-26)32-21-33(39-35(38-32)34-22-36-23-37-34)31-12-6-11-29(20-31)30-18-15-25-9-4-5-10-28(25)19-30/h1-23H,(H,36,37). The van der Waals surface area contributed by atoms with E-state index >= 15 is 0 Å². The molecule has 0 bridgehead atoms. The van der Waals surface area contributed by atoms with Gasteiger partial charge in [0.05, 0.1) is 23.9 Å². The minimum absolute atomic E-state index is 0.614. The highest BCUT2D eigenvalue weighted by molar-refractivity contribution is 5.88. The van der Waals surface area contributed by atoms with Gasteiger partial charge in [0.2, 0.25) is 0 Å². The van der Waals surface area contributed by atoms with Crippen molar-refractivity contribution in [1.29, 1.82) is 0 Å². The zero-order valence-corrected chi connectivity index (χ0v) is 21.1. The van der Waals surface area contributed by atoms with E-state index in [2.05, 4.69) is 131 Å². The van der Waals surface area contributed by atoms with Crippen LogP contribution in [0.5, 0.6) is 0 Å². The summed E-state index contributed by atoms with van der Waals surface area (Å²) >= 11 is 0. The molecule has 4 heteroatoms. The number of H-pyrrole nitrogens is 1. The van der Waals surface area contributed by atoms with Crippen molar-refractivity contribution in [1.82, 2.24) is 19.9 Å². The maximum atomic E-state index is 4.94. The van der Waals surface area contributed by atoms with E-state index in [-0.39, 0.29) is 0 Å². The molecule has 0 unspecified atom stereocenters. The van der Waals surface area contributed by atoms with E-state index in [9.17, 15) is 0 Å². The lowest BCUT2D eigenvalue weighted by Crippen LogP contribution is -1.96. The van der Waals surface area contributed by atoms with Crippen molar-refractivity contribution in [3.8, 4) is 56.3 Å². The van der Waals surface area contributed by atoms with Gasteiger partial charge < -0.3 is 4.98 Å². The predicted octanol–water partition coefficient (Wildman–Crippen LogP) is 8.69. The van der Waals surface area contributed by atoms with E-state index in [1.54, 1.807) is 12.5 Å². The number of aromatic amines is 1. The van der Waals surface area contributed by atoms with Crippen molar-refractivity contribution in [3.63, 3.8) is 0 Å². The molecule has 0 spiro atoms. The molecule has 0 aliphatic carbocycles. The van der Waals surface area contributed by atoms with E-state index in [1.807, 2.05) is 6.07 Å². The fourth-order valence-corrected chi connectivity index (χ4v) is 4.93. The number of nitrogens with zero attached hydrogens (tertiary/aromatic N) is 3. The average Bonchev–Trinajstić information content (AvgIpc) is 3.57. The Morgan fingerprint density at radius 2 is 1.05 bits per heavy atom. The van der Waals surface area contributed by atoms with Crippen LogP contribution in [0.1, 0.15) is 0 Å². The summed E-state index contributed by atoms with van der Waals surface area (Å²) < 4.78 is 0. The minimum atomic E-state index is 0.614. The van der Waals surface area contributed by atoms with Gasteiger partial charge in [-0.25, -0.2) is 15.0 Å². The minimum Gasteiger partial charge on any atom is -0.342 e. The van der Waals surface area contributed by atoms with Gasteiger partial charge in [-0.15, -0.1) is 0 Å². The van der Waals surface area contributed by atoms with Gasteiger partial charge in [-0.1, -0.05) is 109 Å². The normalized spacial score (nSPS) is 11.1. The van der Waals surface area contributed by atoms with E-state index in [1.165, 1.54) is 27.5 Å². The first-order valence-corrected chi connectivity index (χ1v) is 12.9. The summed E-state index contributed by atoms with van der Waals surface area (Å²) in [4.78, 5) is 17.2. The Bertz CT molecular complexity index is 1890. The molecule has 0 aliphatic heterocycles. The zero-order valence-electron chi connectivity index (χ0n) is 21.1. The van der Waals surface area contributed by atoms with E-state index < -0.39 is 0 Å². The first-order chi connectivity index (χ1) is 19.3. The molecule has 1 N–H and O–H groups in total. The molecule has 2 heterocycles. The van der Waals surface area contributed by atoms with Crippen LogP contribution in [0.2, 0.25) is 0 Å². The molecule has 0 saturated carbocycles. The van der Waals surface area contributed by atoms with Crippen LogP contribution < -0.4 is 0 Å². The number of benzene rings is 5. The molecule has 0 fully saturated rings. The zero-order chi connectivity index (χ0) is 26.0. The Kier molecular flexibility index (Phi) is 5.76. The molecule has 0 radical (unpaired) electrons. The summed E-state index contributed by atoms with van der Waals surface area (Å²) in [5.74, 6) is 0.614. The molecular weight excluding hydrogens is 476 g/mol. The third kappa shape index (κ3) is 4.60. The van der Waals surface area contributed by atoms with Crippen LogP contribution in [0.4, 0.5) is 0 Å². The summed E-state index contributed by atoms with van der Waals surface area (Å²) in [6, 6.07) is 44.6. The summed E-state index contributed by atoms with van der Waals surface area (Å²) in [7, 11) is 0. The SMILES string of the molecule is c1ccc(-c2ccc(-c3cc(-c4cccc(-c5ccc6ccccc6c5)c4)nc(-c4cnc[nH]4)n3)cc2)cc1. The number of hydrogen-bond acceptors (Lipinski definition) is 3. The molecule has 0 saturated heterocycles. The van der Waals surface area contributed by atoms with Crippen molar-refractivity contribution in [3.05, 3.63) is 140 Å². The number of hydrogen-bond donors (Lipinski definition) is 1. The predicted molar refractivity (Wildman–Crippen MR) is 159 cm³/mol. The van der Waals surface area contributed by atoms with Crippen molar-refractivity contribution in [2.75, 3.05) is 0 Å². The number of fused-ring (bicyclic) bond motifs is 1. The molecule has 2 aromatic heterocycles. The topological polar surface area (TPSA) is 54.5 Å². The molecule has 39 heavy (non-hydrogen) atoms. The van der Waals surface area contributed by atoms with E-state index in [0.717, 1.165) is 33.8 Å². The third-order valence-electron chi connectivity index (χ3n) is 6.99. The Morgan fingerprint density at radius 1 is 0.436 bits per heavy atom. The number of imidazole rings is 1. The molecule has 5 aromatic carbocycles. The van der Waals surface area contributed by atoms with Crippen LogP contribution in [0.3, 0.4) is 0 Å². The summed E-state index contributed by atoms with van der Waals surface area (Å²) in [6.07, 6.45) is 3.41. The Hall–Kier alpha value is -5.35. The monoisotopic (exact) mass is 500 g/mol. The highest BCUT2D eigenvalue weighted by atomic mass is 15.0. The van der Waals surface area contributed by atoms with Crippen LogP contribution in [0, 0.1) is 0 Å². The molecule has 0 atom stereocenters. The maximum Gasteiger partial charge on any atom is 0.178 e. The van der Waals surface area contributed by atoms with Gasteiger partial charge in [0, 0.05) is 11.1 Å². The number of nitrogens with one attached hydrogen (secondary N) is 1. The van der Waals surface area contributed by atoms with Gasteiger partial charge in [-0.05, 0) is 51.2 Å². The molecule has 7 aromatic rings. The number of aromatic nitrogens is 4. The third-order valence-corrected chi connectivity index (χ3v) is 6.99. The van der Waals surface area contributed by atoms with Crippen LogP contribution in [0.25, 0.3) is 67.1 Å². The van der Waals surface area contributed by atoms with E-state index in [0.29, 0.717) is 5.82 Å². The van der Waals surface area contributed by atoms with Gasteiger partial charge in [-0.3, -0.25) is 0 Å². The van der Waals surface area contributed by atoms with Crippen molar-refractivity contribution in [2.24, 2.45) is 0 Å². The van der Waals surface area contributed by atoms with Gasteiger partial charge in [0.1, 0.15) is 5.69 Å². The largest absolute Gasteiger partial charge is 0.342 e. The van der Waals surface area contributed by atoms with Crippen LogP contribution in [-0.4, -0.2) is 19.9 Å². The Balaban J connectivity index is 1.31. The summed E-state index contributed by atoms with van der Waals surface area (Å²) in [5, 5.41) is 2.46. The molecular formula is C35H24N4. The lowest BCUT2D eigenvalue weighted by atomic mass is 9.98. The van der Waals surface area contributed by atoms with Crippen molar-refractivity contribution in [2.45, 2.75) is 0 Å². The number of rotatable bonds is 5. The lowest BCUT2D eigenvalue weighted by molar-refractivity contribution is 1.16. The Morgan fingerprint density at radius 3 is 1.85 bits per heavy atom. The van der Waals surface area contributed by atoms with Crippen molar-refractivity contribution >= 4 is 10.8 Å². The second kappa shape index (κ2) is 9.84. The summed E-state index contributed by atoms with van der Waals surface area (Å²) in [6.45, 7) is 0. The highest BCUT2D eigenvalue weighted by Crippen LogP contribution is 2.31. The van der Waals surface area contributed by atoms with Gasteiger partial charge in [0.15, 0.2) is 5.82 Å². The molecule has 0 amide bonds. The van der Waals surface area contributed by atoms with Gasteiger partial charge in [-0.2, -0.15) is 0 Å². The molecule has 0 aliphatic rings. The second-order valence-electron chi connectivity index (χ2n) is 9.51. The first kappa shape index (κ1) is 22.8. The fourth-order valence-electron chi connectivity index (χ4n) is 4.93. The fraction of sp³-hybridized carbons (Fsp3) is 0. The van der Waals surface area contributed by atoms with Crippen molar-refractivity contribution < 1.29 is 0 Å². The molecule has 4 nitrogen and oxygen atoms in total. The maximum absolute atomic E-state index is 4.94. The van der Waals surface area contributed by atoms with Crippen LogP contribution in [-0.2, 0) is 0 Å². The first-order valence-electron chi connectivity index (χ1n) is 12.9.